The Morgan fingerprint density at radius 3 is 2.64 bits per heavy atom. The van der Waals surface area contributed by atoms with Crippen LogP contribution in [0, 0.1) is 13.8 Å². The van der Waals surface area contributed by atoms with Gasteiger partial charge in [0, 0.05) is 23.5 Å². The molecule has 0 spiro atoms. The molecule has 0 N–H and O–H groups in total. The van der Waals surface area contributed by atoms with Crippen molar-refractivity contribution in [3.8, 4) is 0 Å². The summed E-state index contributed by atoms with van der Waals surface area (Å²) in [6.07, 6.45) is 1.48. The molecule has 2 aromatic heterocycles. The molecule has 7 heteroatoms. The number of nitrogens with zero attached hydrogens (tertiary/aromatic N) is 3. The summed E-state index contributed by atoms with van der Waals surface area (Å²) in [4.78, 5) is 25.2. The SMILES string of the molecule is CCc1nnsc1C(=O)OCC(=O)c1cc(C)n(CCc2ccccc2)c1C. The number of hydrogen-bond donors (Lipinski definition) is 0. The fraction of sp³-hybridized carbons (Fsp3) is 0.333. The highest BCUT2D eigenvalue weighted by Gasteiger charge is 2.20. The number of ketones is 1. The van der Waals surface area contributed by atoms with Crippen molar-refractivity contribution < 1.29 is 14.3 Å². The maximum atomic E-state index is 12.6. The highest BCUT2D eigenvalue weighted by molar-refractivity contribution is 7.07. The first-order valence-electron chi connectivity index (χ1n) is 9.23. The quantitative estimate of drug-likeness (QED) is 0.427. The summed E-state index contributed by atoms with van der Waals surface area (Å²) in [5.41, 5.74) is 4.35. The normalized spacial score (nSPS) is 10.8. The fourth-order valence-electron chi connectivity index (χ4n) is 3.18. The van der Waals surface area contributed by atoms with Crippen molar-refractivity contribution in [2.75, 3.05) is 6.61 Å². The van der Waals surface area contributed by atoms with Gasteiger partial charge in [-0.15, -0.1) is 5.10 Å². The van der Waals surface area contributed by atoms with Gasteiger partial charge in [0.15, 0.2) is 11.5 Å². The first kappa shape index (κ1) is 19.9. The van der Waals surface area contributed by atoms with Crippen LogP contribution >= 0.6 is 11.5 Å². The van der Waals surface area contributed by atoms with Crippen LogP contribution in [-0.2, 0) is 24.1 Å². The summed E-state index contributed by atoms with van der Waals surface area (Å²) in [5, 5.41) is 3.89. The minimum Gasteiger partial charge on any atom is -0.453 e. The second kappa shape index (κ2) is 8.93. The molecule has 0 saturated heterocycles. The van der Waals surface area contributed by atoms with E-state index in [1.807, 2.05) is 45.0 Å². The molecule has 0 saturated carbocycles. The maximum Gasteiger partial charge on any atom is 0.352 e. The zero-order chi connectivity index (χ0) is 20.1. The van der Waals surface area contributed by atoms with E-state index in [0.29, 0.717) is 22.6 Å². The van der Waals surface area contributed by atoms with Crippen molar-refractivity contribution in [3.05, 3.63) is 69.5 Å². The van der Waals surface area contributed by atoms with E-state index in [1.165, 1.54) is 5.56 Å². The summed E-state index contributed by atoms with van der Waals surface area (Å²) in [6, 6.07) is 12.1. The number of carbonyl (C=O) groups excluding carboxylic acids is 2. The van der Waals surface area contributed by atoms with Gasteiger partial charge < -0.3 is 9.30 Å². The smallest absolute Gasteiger partial charge is 0.352 e. The van der Waals surface area contributed by atoms with E-state index in [9.17, 15) is 9.59 Å². The summed E-state index contributed by atoms with van der Waals surface area (Å²) in [6.45, 7) is 6.31. The van der Waals surface area contributed by atoms with Gasteiger partial charge in [0.1, 0.15) is 0 Å². The average molecular weight is 398 g/mol. The van der Waals surface area contributed by atoms with Crippen LogP contribution < -0.4 is 0 Å². The van der Waals surface area contributed by atoms with E-state index in [4.69, 9.17) is 4.74 Å². The lowest BCUT2D eigenvalue weighted by Crippen LogP contribution is -2.15. The second-order valence-electron chi connectivity index (χ2n) is 6.57. The standard InChI is InChI=1S/C21H23N3O3S/c1-4-18-20(28-23-22-18)21(26)27-13-19(25)17-12-14(2)24(15(17)3)11-10-16-8-6-5-7-9-16/h5-9,12H,4,10-11,13H2,1-3H3. The van der Waals surface area contributed by atoms with Gasteiger partial charge in [-0.05, 0) is 49.9 Å². The molecule has 0 aliphatic carbocycles. The number of carbonyl (C=O) groups is 2. The van der Waals surface area contributed by atoms with E-state index >= 15 is 0 Å². The molecule has 0 amide bonds. The van der Waals surface area contributed by atoms with E-state index < -0.39 is 5.97 Å². The Morgan fingerprint density at radius 1 is 1.18 bits per heavy atom. The van der Waals surface area contributed by atoms with Crippen LogP contribution in [0.3, 0.4) is 0 Å². The number of aromatic nitrogens is 3. The molecule has 0 fully saturated rings. The molecule has 0 aliphatic rings. The van der Waals surface area contributed by atoms with E-state index in [0.717, 1.165) is 35.9 Å². The summed E-state index contributed by atoms with van der Waals surface area (Å²) < 4.78 is 11.1. The first-order chi connectivity index (χ1) is 13.5. The molecule has 0 radical (unpaired) electrons. The van der Waals surface area contributed by atoms with Gasteiger partial charge >= 0.3 is 5.97 Å². The van der Waals surface area contributed by atoms with Gasteiger partial charge in [0.25, 0.3) is 0 Å². The predicted octanol–water partition coefficient (Wildman–Crippen LogP) is 3.80. The van der Waals surface area contributed by atoms with E-state index in [-0.39, 0.29) is 12.4 Å². The Labute approximate surface area is 168 Å². The molecular formula is C21H23N3O3S. The summed E-state index contributed by atoms with van der Waals surface area (Å²) in [7, 11) is 0. The van der Waals surface area contributed by atoms with Crippen molar-refractivity contribution >= 4 is 23.3 Å². The Balaban J connectivity index is 1.65. The molecule has 1 aromatic carbocycles. The predicted molar refractivity (Wildman–Crippen MR) is 108 cm³/mol. The van der Waals surface area contributed by atoms with Crippen molar-refractivity contribution in [2.45, 2.75) is 40.2 Å². The third kappa shape index (κ3) is 4.36. The van der Waals surface area contributed by atoms with E-state index in [2.05, 4.69) is 26.3 Å². The lowest BCUT2D eigenvalue weighted by Gasteiger charge is -2.10. The monoisotopic (exact) mass is 397 g/mol. The third-order valence-electron chi connectivity index (χ3n) is 4.75. The summed E-state index contributed by atoms with van der Waals surface area (Å²) >= 11 is 0.993. The van der Waals surface area contributed by atoms with Gasteiger partial charge in [-0.25, -0.2) is 4.79 Å². The Bertz CT molecular complexity index is 976. The second-order valence-corrected chi connectivity index (χ2v) is 7.33. The van der Waals surface area contributed by atoms with Crippen LogP contribution in [0.1, 0.15) is 49.6 Å². The average Bonchev–Trinajstić information content (AvgIpc) is 3.29. The van der Waals surface area contributed by atoms with Crippen molar-refractivity contribution in [1.82, 2.24) is 14.2 Å². The van der Waals surface area contributed by atoms with Crippen LogP contribution in [-0.4, -0.2) is 32.5 Å². The van der Waals surface area contributed by atoms with Gasteiger partial charge in [-0.3, -0.25) is 4.79 Å². The molecule has 0 aliphatic heterocycles. The number of hydrogen-bond acceptors (Lipinski definition) is 6. The molecular weight excluding hydrogens is 374 g/mol. The maximum absolute atomic E-state index is 12.6. The minimum absolute atomic E-state index is 0.206. The van der Waals surface area contributed by atoms with Crippen LogP contribution in [0.4, 0.5) is 0 Å². The number of esters is 1. The molecule has 0 bridgehead atoms. The zero-order valence-electron chi connectivity index (χ0n) is 16.3. The molecule has 3 rings (SSSR count). The van der Waals surface area contributed by atoms with Crippen LogP contribution in [0.5, 0.6) is 0 Å². The lowest BCUT2D eigenvalue weighted by molar-refractivity contribution is 0.0478. The number of aryl methyl sites for hydroxylation is 3. The molecule has 0 atom stereocenters. The molecule has 146 valence electrons. The molecule has 6 nitrogen and oxygen atoms in total. The van der Waals surface area contributed by atoms with Crippen LogP contribution in [0.15, 0.2) is 36.4 Å². The van der Waals surface area contributed by atoms with Gasteiger partial charge in [0.05, 0.1) is 5.69 Å². The first-order valence-corrected chi connectivity index (χ1v) is 10.0. The minimum atomic E-state index is -0.543. The topological polar surface area (TPSA) is 74.1 Å². The van der Waals surface area contributed by atoms with Crippen LogP contribution in [0.2, 0.25) is 0 Å². The molecule has 28 heavy (non-hydrogen) atoms. The highest BCUT2D eigenvalue weighted by atomic mass is 32.1. The molecule has 3 aromatic rings. The fourth-order valence-corrected chi connectivity index (χ4v) is 3.83. The van der Waals surface area contributed by atoms with Gasteiger partial charge in [0.2, 0.25) is 5.78 Å². The number of ether oxygens (including phenoxy) is 1. The number of rotatable bonds is 8. The Kier molecular flexibility index (Phi) is 6.36. The van der Waals surface area contributed by atoms with Crippen molar-refractivity contribution in [2.24, 2.45) is 0 Å². The van der Waals surface area contributed by atoms with Crippen LogP contribution in [0.25, 0.3) is 0 Å². The Hall–Kier alpha value is -2.80. The number of Topliss-reactive ketones (excluding diaryl/α,β-unsaturated/α-hetero) is 1. The number of benzene rings is 1. The summed E-state index contributed by atoms with van der Waals surface area (Å²) in [5.74, 6) is -0.749. The molecule has 0 unspecified atom stereocenters. The van der Waals surface area contributed by atoms with Gasteiger partial charge in [-0.2, -0.15) is 0 Å². The largest absolute Gasteiger partial charge is 0.453 e. The van der Waals surface area contributed by atoms with Gasteiger partial charge in [-0.1, -0.05) is 41.7 Å². The van der Waals surface area contributed by atoms with Crippen molar-refractivity contribution in [3.63, 3.8) is 0 Å². The Morgan fingerprint density at radius 2 is 1.93 bits per heavy atom. The highest BCUT2D eigenvalue weighted by Crippen LogP contribution is 2.18. The van der Waals surface area contributed by atoms with Crippen molar-refractivity contribution in [1.29, 1.82) is 0 Å². The lowest BCUT2D eigenvalue weighted by atomic mass is 10.1. The molecule has 2 heterocycles. The zero-order valence-corrected chi connectivity index (χ0v) is 17.1. The van der Waals surface area contributed by atoms with E-state index in [1.54, 1.807) is 0 Å². The third-order valence-corrected chi connectivity index (χ3v) is 5.50.